The van der Waals surface area contributed by atoms with E-state index >= 15 is 0 Å². The highest BCUT2D eigenvalue weighted by Gasteiger charge is 2.51. The molecule has 1 unspecified atom stereocenters. The monoisotopic (exact) mass is 784 g/mol. The van der Waals surface area contributed by atoms with Gasteiger partial charge in [-0.05, 0) is 101 Å². The number of hydrogen-bond donors (Lipinski definition) is 7. The van der Waals surface area contributed by atoms with Crippen LogP contribution >= 0.6 is 0 Å². The normalized spacial score (nSPS) is 26.4. The van der Waals surface area contributed by atoms with Gasteiger partial charge in [0.25, 0.3) is 0 Å². The van der Waals surface area contributed by atoms with Gasteiger partial charge in [-0.1, -0.05) is 77.7 Å². The lowest BCUT2D eigenvalue weighted by Gasteiger charge is -2.42. The molecule has 1 spiro atoms. The van der Waals surface area contributed by atoms with E-state index in [4.69, 9.17) is 30.9 Å². The first-order chi connectivity index (χ1) is 21.8. The van der Waals surface area contributed by atoms with Gasteiger partial charge in [0.15, 0.2) is 5.72 Å². The summed E-state index contributed by atoms with van der Waals surface area (Å²) in [4.78, 5) is 14.1. The van der Waals surface area contributed by atoms with Gasteiger partial charge < -0.3 is 35.9 Å². The summed E-state index contributed by atoms with van der Waals surface area (Å²) in [6.45, 7) is 21.8. The predicted octanol–water partition coefficient (Wildman–Crippen LogP) is 9.21. The zero-order valence-corrected chi connectivity index (χ0v) is 31.3. The number of nitrogens with two attached hydrogens (primary N) is 1. The van der Waals surface area contributed by atoms with Crippen LogP contribution in [0.3, 0.4) is 0 Å². The smallest absolute Gasteiger partial charge is 0.307 e. The number of carboxylic acids is 1. The Hall–Kier alpha value is -1.95. The van der Waals surface area contributed by atoms with Crippen molar-refractivity contribution in [2.45, 2.75) is 224 Å². The third-order valence-electron chi connectivity index (χ3n) is 10.6. The molecule has 1 atom stereocenters. The van der Waals surface area contributed by atoms with Crippen LogP contribution in [0.4, 0.5) is 0 Å². The Bertz CT molecular complexity index is 1150. The molecule has 0 aromatic carbocycles. The van der Waals surface area contributed by atoms with Crippen LogP contribution in [0.2, 0.25) is 0 Å². The van der Waals surface area contributed by atoms with E-state index in [2.05, 4.69) is 18.8 Å². The van der Waals surface area contributed by atoms with Crippen LogP contribution in [0, 0.1) is 5.41 Å². The van der Waals surface area contributed by atoms with Gasteiger partial charge in [-0.3, -0.25) is 15.4 Å². The second-order valence-electron chi connectivity index (χ2n) is 16.3. The third kappa shape index (κ3) is 13.1. The molecule has 4 fully saturated rings. The quantitative estimate of drug-likeness (QED) is 0.142. The molecule has 15 heteroatoms. The molecular weight excluding hydrogens is 694 g/mol. The van der Waals surface area contributed by atoms with E-state index in [1.807, 2.05) is 27.7 Å². The predicted molar refractivity (Wildman–Crippen MR) is 221 cm³/mol. The number of rotatable bonds is 4. The molecule has 8 N–H and O–H groups in total. The highest BCUT2D eigenvalue weighted by molar-refractivity contribution is 6.05. The van der Waals surface area contributed by atoms with E-state index in [0.717, 1.165) is 29.4 Å². The maximum absolute atomic E-state index is 10.5. The van der Waals surface area contributed by atoms with Crippen molar-refractivity contribution in [2.75, 3.05) is 13.2 Å². The number of carbonyl (C=O) groups is 1. The summed E-state index contributed by atoms with van der Waals surface area (Å²) >= 11 is 0. The molecule has 0 aromatic heterocycles. The van der Waals surface area contributed by atoms with Gasteiger partial charge in [0.1, 0.15) is 17.1 Å². The number of nitrogens with zero attached hydrogens (tertiary/aromatic N) is 5. The van der Waals surface area contributed by atoms with Crippen LogP contribution in [-0.2, 0) is 14.3 Å². The first kappa shape index (κ1) is 61.3. The number of aliphatic imine (C=N–C) groups is 1. The van der Waals surface area contributed by atoms with Crippen molar-refractivity contribution in [2.24, 2.45) is 10.7 Å². The molecule has 328 valence electrons. The molecule has 1 saturated carbocycles. The van der Waals surface area contributed by atoms with E-state index < -0.39 is 28.5 Å². The van der Waals surface area contributed by atoms with Crippen molar-refractivity contribution in [1.29, 1.82) is 5.41 Å². The average molecular weight is 784 g/mol. The second-order valence-corrected chi connectivity index (χ2v) is 16.3. The topological polar surface area (TPSA) is 212 Å². The summed E-state index contributed by atoms with van der Waals surface area (Å²) in [6, 6.07) is 0. The maximum Gasteiger partial charge on any atom is 0.307 e. The summed E-state index contributed by atoms with van der Waals surface area (Å²) in [5.41, 5.74) is 2.53. The van der Waals surface area contributed by atoms with Crippen LogP contribution in [-0.4, -0.2) is 116 Å². The third-order valence-corrected chi connectivity index (χ3v) is 10.6. The number of aliphatic carboxylic acids is 1. The van der Waals surface area contributed by atoms with Gasteiger partial charge >= 0.3 is 5.97 Å². The van der Waals surface area contributed by atoms with Crippen LogP contribution < -0.4 is 5.73 Å². The van der Waals surface area contributed by atoms with E-state index in [1.165, 1.54) is 43.6 Å². The minimum atomic E-state index is -1.10. The van der Waals surface area contributed by atoms with E-state index in [0.29, 0.717) is 13.2 Å². The molecule has 4 heterocycles. The zero-order chi connectivity index (χ0) is 37.1. The molecule has 0 bridgehead atoms. The second kappa shape index (κ2) is 22.1. The van der Waals surface area contributed by atoms with Crippen molar-refractivity contribution in [1.82, 2.24) is 20.3 Å². The van der Waals surface area contributed by atoms with Crippen LogP contribution in [0.25, 0.3) is 0 Å². The number of guanidine groups is 1. The Morgan fingerprint density at radius 2 is 1.15 bits per heavy atom. The van der Waals surface area contributed by atoms with Gasteiger partial charge in [-0.15, -0.1) is 0 Å². The molecule has 3 saturated heterocycles. The Balaban J connectivity index is -0.000000191. The standard InChI is InChI=1S/C11H21NO.C9H19NO2.C8H15NO4.C5H10N4O.6CH4/c1-10(2)8-9-11(12(10)13)6-4-3-5-7-11;1-5-9(6-2)10(11)8(3,4)7-12-9;1-7(2)5-13-8(3,9(7)12)4-6(10)11;1-5(2)3(6)8-4(7)9(5)10;;;;;;/h13H,3-9H2,1-2H3;11H,5-7H2,1-4H3;12H,4-5H2,1-3H3,(H,10,11);10H,1-2H3,(H3,6,7,8);6*1H4. The molecule has 1 aliphatic carbocycles. The number of hydrogen-bond acceptors (Lipinski definition) is 12. The van der Waals surface area contributed by atoms with Crippen LogP contribution in [0.5, 0.6) is 0 Å². The highest BCUT2D eigenvalue weighted by Crippen LogP contribution is 2.47. The molecule has 0 amide bonds. The van der Waals surface area contributed by atoms with Crippen LogP contribution in [0.15, 0.2) is 4.99 Å². The number of nitrogens with one attached hydrogen (secondary N) is 1. The SMILES string of the molecule is C.C.C.C.C.C.CC1(C)C(N)=NC(=N)N1O.CC1(C)CCC2(CCCCC2)N1O.CC1(C)COC(C)(CC(=O)O)N1O.CCC1(CC)OCC(C)(C)N1O. The fourth-order valence-electron chi connectivity index (χ4n) is 6.98. The van der Waals surface area contributed by atoms with Crippen molar-refractivity contribution in [3.8, 4) is 0 Å². The molecule has 0 radical (unpaired) electrons. The lowest BCUT2D eigenvalue weighted by molar-refractivity contribution is -0.252. The number of carboxylic acid groups (broad SMARTS) is 1. The fraction of sp³-hybridized carbons (Fsp3) is 0.923. The number of ether oxygens (including phenoxy) is 2. The first-order valence-corrected chi connectivity index (χ1v) is 17.2. The fourth-order valence-corrected chi connectivity index (χ4v) is 6.98. The minimum Gasteiger partial charge on any atom is -0.481 e. The van der Waals surface area contributed by atoms with Gasteiger partial charge in [0.05, 0.1) is 30.7 Å². The van der Waals surface area contributed by atoms with Gasteiger partial charge in [0, 0.05) is 11.1 Å². The van der Waals surface area contributed by atoms with Crippen LogP contribution in [0.1, 0.15) is 185 Å². The Morgan fingerprint density at radius 1 is 0.704 bits per heavy atom. The lowest BCUT2D eigenvalue weighted by Crippen LogP contribution is -2.50. The average Bonchev–Trinajstić information content (AvgIpc) is 3.54. The van der Waals surface area contributed by atoms with Gasteiger partial charge in [0.2, 0.25) is 5.96 Å². The van der Waals surface area contributed by atoms with E-state index in [9.17, 15) is 20.4 Å². The van der Waals surface area contributed by atoms with E-state index in [1.54, 1.807) is 39.7 Å². The van der Waals surface area contributed by atoms with Gasteiger partial charge in [-0.25, -0.2) is 5.06 Å². The summed E-state index contributed by atoms with van der Waals surface area (Å²) in [6.07, 6.45) is 10.1. The van der Waals surface area contributed by atoms with Crippen molar-refractivity contribution in [3.63, 3.8) is 0 Å². The van der Waals surface area contributed by atoms with Crippen molar-refractivity contribution in [3.05, 3.63) is 0 Å². The molecule has 0 aromatic rings. The van der Waals surface area contributed by atoms with Gasteiger partial charge in [-0.2, -0.15) is 20.2 Å². The van der Waals surface area contributed by atoms with Crippen molar-refractivity contribution < 1.29 is 40.2 Å². The Labute approximate surface area is 331 Å². The molecule has 15 nitrogen and oxygen atoms in total. The first-order valence-electron chi connectivity index (χ1n) is 17.2. The number of hydroxylamine groups is 8. The summed E-state index contributed by atoms with van der Waals surface area (Å²) in [5, 5.41) is 59.3. The molecule has 5 aliphatic rings. The zero-order valence-electron chi connectivity index (χ0n) is 31.3. The van der Waals surface area contributed by atoms with E-state index in [-0.39, 0.29) is 79.4 Å². The number of amidine groups is 1. The van der Waals surface area contributed by atoms with Crippen molar-refractivity contribution >= 4 is 17.8 Å². The minimum absolute atomic E-state index is 0. The largest absolute Gasteiger partial charge is 0.481 e. The molecule has 5 rings (SSSR count). The summed E-state index contributed by atoms with van der Waals surface area (Å²) in [7, 11) is 0. The highest BCUT2D eigenvalue weighted by atomic mass is 16.6. The molecular formula is C39H89N7O8. The Kier molecular flexibility index (Phi) is 25.1. The lowest BCUT2D eigenvalue weighted by atomic mass is 9.80. The molecule has 4 aliphatic heterocycles. The Morgan fingerprint density at radius 3 is 1.39 bits per heavy atom. The summed E-state index contributed by atoms with van der Waals surface area (Å²) < 4.78 is 10.9. The summed E-state index contributed by atoms with van der Waals surface area (Å²) in [5.74, 6) is -0.929. The molecule has 54 heavy (non-hydrogen) atoms. The maximum atomic E-state index is 10.5.